The normalized spacial score (nSPS) is 22.4. The fourth-order valence-electron chi connectivity index (χ4n) is 6.30. The van der Waals surface area contributed by atoms with Crippen molar-refractivity contribution in [1.29, 1.82) is 0 Å². The monoisotopic (exact) mass is 642 g/mol. The van der Waals surface area contributed by atoms with Crippen molar-refractivity contribution >= 4 is 58.2 Å². The van der Waals surface area contributed by atoms with E-state index in [1.54, 1.807) is 48.5 Å². The van der Waals surface area contributed by atoms with Crippen LogP contribution in [0, 0.1) is 11.2 Å². The van der Waals surface area contributed by atoms with E-state index in [1.807, 2.05) is 20.8 Å². The molecule has 0 bridgehead atoms. The summed E-state index contributed by atoms with van der Waals surface area (Å²) in [5, 5.41) is 11.9. The molecule has 3 aromatic rings. The molecule has 3 amide bonds. The molecule has 2 heterocycles. The summed E-state index contributed by atoms with van der Waals surface area (Å²) in [4.78, 5) is 39.1. The first-order valence-electron chi connectivity index (χ1n) is 14.0. The predicted molar refractivity (Wildman–Crippen MR) is 168 cm³/mol. The van der Waals surface area contributed by atoms with Gasteiger partial charge in [0.2, 0.25) is 11.8 Å². The first kappa shape index (κ1) is 31.6. The van der Waals surface area contributed by atoms with Crippen LogP contribution in [0.1, 0.15) is 51.2 Å². The van der Waals surface area contributed by atoms with Gasteiger partial charge in [0, 0.05) is 35.4 Å². The SMILES string of the molecule is COc1cc(NC(C)=O)ccc1NC(=O)O[C@H]1N[C@@H](CC(C)(C)C)[C@@]2(C(=O)Nc3cc(Cl)ccc32)[C@H]1c1cccc(Cl)c1F. The Labute approximate surface area is 264 Å². The summed E-state index contributed by atoms with van der Waals surface area (Å²) in [5.41, 5.74) is 0.313. The standard InChI is InChI=1S/C32H33Cl2FN4O5/c1-16(40)36-18-10-12-22(24(14-18)43-5)38-30(42)44-28-26(19-7-6-8-21(34)27(19)35)32(25(39-28)15-31(2,3)4)20-11-9-17(33)13-23(20)37-29(32)41/h6-14,25-26,28,39H,15H2,1-5H3,(H,36,40)(H,37,41)(H,38,42)/t25-,26-,28+,32+/m0/s1. The van der Waals surface area contributed by atoms with Crippen LogP contribution in [0.25, 0.3) is 0 Å². The van der Waals surface area contributed by atoms with Crippen LogP contribution in [0.4, 0.5) is 26.2 Å². The van der Waals surface area contributed by atoms with Crippen molar-refractivity contribution in [2.75, 3.05) is 23.1 Å². The van der Waals surface area contributed by atoms with Crippen LogP contribution in [0.15, 0.2) is 54.6 Å². The summed E-state index contributed by atoms with van der Waals surface area (Å²) < 4.78 is 27.3. The first-order valence-corrected chi connectivity index (χ1v) is 14.7. The molecule has 3 aromatic carbocycles. The molecule has 1 fully saturated rings. The molecule has 0 unspecified atom stereocenters. The van der Waals surface area contributed by atoms with Gasteiger partial charge in [-0.1, -0.05) is 62.2 Å². The first-order chi connectivity index (χ1) is 20.7. The molecule has 1 saturated heterocycles. The number of ether oxygens (including phenoxy) is 2. The van der Waals surface area contributed by atoms with Gasteiger partial charge in [0.15, 0.2) is 6.23 Å². The molecule has 44 heavy (non-hydrogen) atoms. The summed E-state index contributed by atoms with van der Waals surface area (Å²) in [6.07, 6.45) is -1.56. The van der Waals surface area contributed by atoms with Crippen LogP contribution in [-0.4, -0.2) is 37.3 Å². The second-order valence-electron chi connectivity index (χ2n) is 12.2. The van der Waals surface area contributed by atoms with Gasteiger partial charge in [0.05, 0.1) is 23.7 Å². The van der Waals surface area contributed by atoms with E-state index < -0.39 is 35.5 Å². The number of hydrogen-bond acceptors (Lipinski definition) is 6. The Morgan fingerprint density at radius 3 is 2.50 bits per heavy atom. The maximum atomic E-state index is 15.9. The summed E-state index contributed by atoms with van der Waals surface area (Å²) >= 11 is 12.5. The summed E-state index contributed by atoms with van der Waals surface area (Å²) in [6.45, 7) is 7.47. The maximum Gasteiger partial charge on any atom is 0.413 e. The topological polar surface area (TPSA) is 118 Å². The highest BCUT2D eigenvalue weighted by Crippen LogP contribution is 2.57. The van der Waals surface area contributed by atoms with Gasteiger partial charge in [-0.15, -0.1) is 0 Å². The number of rotatable bonds is 6. The smallest absolute Gasteiger partial charge is 0.413 e. The van der Waals surface area contributed by atoms with Gasteiger partial charge in [0.1, 0.15) is 17.0 Å². The molecule has 4 N–H and O–H groups in total. The van der Waals surface area contributed by atoms with Crippen molar-refractivity contribution in [3.8, 4) is 5.75 Å². The molecule has 4 atom stereocenters. The molecule has 1 spiro atoms. The van der Waals surface area contributed by atoms with Crippen LogP contribution in [0.3, 0.4) is 0 Å². The number of fused-ring (bicyclic) bond motifs is 2. The fraction of sp³-hybridized carbons (Fsp3) is 0.344. The molecule has 5 rings (SSSR count). The van der Waals surface area contributed by atoms with E-state index in [2.05, 4.69) is 21.3 Å². The zero-order valence-electron chi connectivity index (χ0n) is 24.8. The lowest BCUT2D eigenvalue weighted by Gasteiger charge is -2.37. The van der Waals surface area contributed by atoms with Gasteiger partial charge in [-0.2, -0.15) is 0 Å². The highest BCUT2D eigenvalue weighted by Gasteiger charge is 2.66. The number of benzene rings is 3. The molecule has 0 saturated carbocycles. The quantitative estimate of drug-likeness (QED) is 0.229. The van der Waals surface area contributed by atoms with Crippen molar-refractivity contribution in [2.24, 2.45) is 5.41 Å². The van der Waals surface area contributed by atoms with Crippen LogP contribution < -0.4 is 26.0 Å². The van der Waals surface area contributed by atoms with E-state index in [9.17, 15) is 14.4 Å². The minimum Gasteiger partial charge on any atom is -0.494 e. The number of anilines is 3. The zero-order chi connectivity index (χ0) is 32.0. The summed E-state index contributed by atoms with van der Waals surface area (Å²) in [7, 11) is 1.42. The van der Waals surface area contributed by atoms with Crippen LogP contribution >= 0.6 is 23.2 Å². The Morgan fingerprint density at radius 1 is 1.07 bits per heavy atom. The Morgan fingerprint density at radius 2 is 1.82 bits per heavy atom. The number of carbonyl (C=O) groups excluding carboxylic acids is 3. The van der Waals surface area contributed by atoms with Gasteiger partial charge >= 0.3 is 6.09 Å². The summed E-state index contributed by atoms with van der Waals surface area (Å²) in [6, 6.07) is 13.8. The molecule has 0 aliphatic carbocycles. The Kier molecular flexibility index (Phi) is 8.54. The molecule has 2 aliphatic rings. The number of hydrogen-bond donors (Lipinski definition) is 4. The Balaban J connectivity index is 1.59. The fourth-order valence-corrected chi connectivity index (χ4v) is 6.65. The molecule has 232 valence electrons. The Bertz CT molecular complexity index is 1650. The minimum absolute atomic E-state index is 0.120. The molecule has 0 aromatic heterocycles. The molecule has 12 heteroatoms. The van der Waals surface area contributed by atoms with E-state index in [-0.39, 0.29) is 39.3 Å². The van der Waals surface area contributed by atoms with E-state index in [0.29, 0.717) is 28.4 Å². The molecule has 9 nitrogen and oxygen atoms in total. The van der Waals surface area contributed by atoms with Crippen LogP contribution in [-0.2, 0) is 19.7 Å². The number of methoxy groups -OCH3 is 1. The second kappa shape index (κ2) is 11.9. The van der Waals surface area contributed by atoms with Gasteiger partial charge in [-0.3, -0.25) is 20.2 Å². The van der Waals surface area contributed by atoms with Gasteiger partial charge in [-0.25, -0.2) is 9.18 Å². The maximum absolute atomic E-state index is 15.9. The lowest BCUT2D eigenvalue weighted by Crippen LogP contribution is -2.49. The highest BCUT2D eigenvalue weighted by molar-refractivity contribution is 6.31. The second-order valence-corrected chi connectivity index (χ2v) is 13.0. The third kappa shape index (κ3) is 5.81. The number of amides is 3. The van der Waals surface area contributed by atoms with E-state index in [0.717, 1.165) is 0 Å². The van der Waals surface area contributed by atoms with E-state index in [1.165, 1.54) is 20.1 Å². The van der Waals surface area contributed by atoms with Crippen molar-refractivity contribution in [2.45, 2.75) is 57.7 Å². The van der Waals surface area contributed by atoms with E-state index >= 15 is 4.39 Å². The van der Waals surface area contributed by atoms with Gasteiger partial charge in [-0.05, 0) is 53.3 Å². The predicted octanol–water partition coefficient (Wildman–Crippen LogP) is 7.06. The average Bonchev–Trinajstić information content (AvgIpc) is 3.38. The lowest BCUT2D eigenvalue weighted by atomic mass is 9.63. The van der Waals surface area contributed by atoms with Crippen molar-refractivity contribution in [3.05, 3.63) is 81.6 Å². The third-order valence-corrected chi connectivity index (χ3v) is 8.41. The molecule has 2 aliphatic heterocycles. The van der Waals surface area contributed by atoms with Crippen molar-refractivity contribution in [1.82, 2.24) is 5.32 Å². The van der Waals surface area contributed by atoms with E-state index in [4.69, 9.17) is 32.7 Å². The van der Waals surface area contributed by atoms with Crippen LogP contribution in [0.2, 0.25) is 10.0 Å². The van der Waals surface area contributed by atoms with Crippen molar-refractivity contribution in [3.63, 3.8) is 0 Å². The highest BCUT2D eigenvalue weighted by atomic mass is 35.5. The Hall–Kier alpha value is -3.86. The lowest BCUT2D eigenvalue weighted by molar-refractivity contribution is -0.122. The molecule has 0 radical (unpaired) electrons. The zero-order valence-corrected chi connectivity index (χ0v) is 26.3. The average molecular weight is 644 g/mol. The summed E-state index contributed by atoms with van der Waals surface area (Å²) in [5.74, 6) is -2.10. The minimum atomic E-state index is -1.39. The molecular formula is C32H33Cl2FN4O5. The van der Waals surface area contributed by atoms with Gasteiger partial charge in [0.25, 0.3) is 0 Å². The van der Waals surface area contributed by atoms with Crippen LogP contribution in [0.5, 0.6) is 5.75 Å². The number of halogens is 3. The number of carbonyl (C=O) groups is 3. The number of nitrogens with one attached hydrogen (secondary N) is 4. The third-order valence-electron chi connectivity index (χ3n) is 7.89. The largest absolute Gasteiger partial charge is 0.494 e. The van der Waals surface area contributed by atoms with Gasteiger partial charge < -0.3 is 20.1 Å². The van der Waals surface area contributed by atoms with Crippen molar-refractivity contribution < 1.29 is 28.2 Å². The molecular weight excluding hydrogens is 610 g/mol.